The smallest absolute Gasteiger partial charge is 0.230 e. The number of hydrogen-bond donors (Lipinski definition) is 1. The molecule has 0 aliphatic carbocycles. The lowest BCUT2D eigenvalue weighted by Crippen LogP contribution is -2.25. The molecule has 0 aliphatic heterocycles. The number of thiophene rings is 1. The first-order valence-electron chi connectivity index (χ1n) is 6.11. The minimum absolute atomic E-state index is 0.590. The molecule has 2 aromatic rings. The standard InChI is InChI=1S/C12H16BrN5S/c1-4-18(5-2)12-16-10(15-11(14-3)17-12)9-8(13)6-7-19-9/h6-7H,4-5H2,1-3H3,(H,14,15,16,17). The Morgan fingerprint density at radius 3 is 2.53 bits per heavy atom. The van der Waals surface area contributed by atoms with Crippen molar-refractivity contribution in [2.24, 2.45) is 0 Å². The SMILES string of the molecule is CCN(CC)c1nc(NC)nc(-c2sccc2Br)n1. The van der Waals surface area contributed by atoms with E-state index >= 15 is 0 Å². The molecule has 102 valence electrons. The predicted molar refractivity (Wildman–Crippen MR) is 83.9 cm³/mol. The highest BCUT2D eigenvalue weighted by atomic mass is 79.9. The third kappa shape index (κ3) is 3.03. The maximum absolute atomic E-state index is 4.57. The quantitative estimate of drug-likeness (QED) is 0.904. The molecule has 7 heteroatoms. The molecule has 0 saturated heterocycles. The van der Waals surface area contributed by atoms with Gasteiger partial charge in [-0.1, -0.05) is 0 Å². The van der Waals surface area contributed by atoms with Gasteiger partial charge in [-0.2, -0.15) is 15.0 Å². The molecule has 0 saturated carbocycles. The Morgan fingerprint density at radius 1 is 1.26 bits per heavy atom. The number of nitrogens with zero attached hydrogens (tertiary/aromatic N) is 4. The van der Waals surface area contributed by atoms with Crippen molar-refractivity contribution < 1.29 is 0 Å². The molecule has 5 nitrogen and oxygen atoms in total. The fourth-order valence-corrected chi connectivity index (χ4v) is 3.16. The molecule has 2 rings (SSSR count). The van der Waals surface area contributed by atoms with Gasteiger partial charge in [0, 0.05) is 24.6 Å². The Kier molecular flexibility index (Phi) is 4.71. The summed E-state index contributed by atoms with van der Waals surface area (Å²) < 4.78 is 1.01. The largest absolute Gasteiger partial charge is 0.357 e. The normalized spacial score (nSPS) is 10.5. The van der Waals surface area contributed by atoms with Gasteiger partial charge in [0.15, 0.2) is 5.82 Å². The first-order valence-corrected chi connectivity index (χ1v) is 7.79. The summed E-state index contributed by atoms with van der Waals surface area (Å²) in [4.78, 5) is 16.5. The van der Waals surface area contributed by atoms with Crippen molar-refractivity contribution in [3.05, 3.63) is 15.9 Å². The van der Waals surface area contributed by atoms with Gasteiger partial charge in [0.25, 0.3) is 0 Å². The third-order valence-electron chi connectivity index (χ3n) is 2.71. The highest BCUT2D eigenvalue weighted by Gasteiger charge is 2.14. The van der Waals surface area contributed by atoms with Crippen LogP contribution in [-0.4, -0.2) is 35.1 Å². The van der Waals surface area contributed by atoms with Gasteiger partial charge in [-0.3, -0.25) is 0 Å². The second kappa shape index (κ2) is 6.29. The minimum Gasteiger partial charge on any atom is -0.357 e. The molecule has 0 atom stereocenters. The van der Waals surface area contributed by atoms with Crippen molar-refractivity contribution in [2.75, 3.05) is 30.4 Å². The Hall–Kier alpha value is -1.21. The number of halogens is 1. The molecule has 19 heavy (non-hydrogen) atoms. The number of rotatable bonds is 5. The van der Waals surface area contributed by atoms with E-state index in [-0.39, 0.29) is 0 Å². The first kappa shape index (κ1) is 14.2. The monoisotopic (exact) mass is 341 g/mol. The number of anilines is 2. The molecule has 0 unspecified atom stereocenters. The third-order valence-corrected chi connectivity index (χ3v) is 4.55. The van der Waals surface area contributed by atoms with Crippen LogP contribution in [0.15, 0.2) is 15.9 Å². The second-order valence-electron chi connectivity index (χ2n) is 3.80. The Morgan fingerprint density at radius 2 is 2.00 bits per heavy atom. The van der Waals surface area contributed by atoms with E-state index in [0.717, 1.165) is 22.4 Å². The fraction of sp³-hybridized carbons (Fsp3) is 0.417. The average molecular weight is 342 g/mol. The maximum atomic E-state index is 4.57. The number of hydrogen-bond acceptors (Lipinski definition) is 6. The summed E-state index contributed by atoms with van der Waals surface area (Å²) in [6.45, 7) is 5.92. The van der Waals surface area contributed by atoms with E-state index in [1.165, 1.54) is 0 Å². The summed E-state index contributed by atoms with van der Waals surface area (Å²) in [5.41, 5.74) is 0. The van der Waals surface area contributed by atoms with Gasteiger partial charge in [0.1, 0.15) is 0 Å². The lowest BCUT2D eigenvalue weighted by Gasteiger charge is -2.19. The second-order valence-corrected chi connectivity index (χ2v) is 5.57. The van der Waals surface area contributed by atoms with E-state index in [9.17, 15) is 0 Å². The summed E-state index contributed by atoms with van der Waals surface area (Å²) in [7, 11) is 1.81. The zero-order valence-corrected chi connectivity index (χ0v) is 13.5. The van der Waals surface area contributed by atoms with Crippen LogP contribution in [0.3, 0.4) is 0 Å². The van der Waals surface area contributed by atoms with E-state index in [1.807, 2.05) is 18.5 Å². The van der Waals surface area contributed by atoms with Crippen LogP contribution in [-0.2, 0) is 0 Å². The van der Waals surface area contributed by atoms with E-state index in [1.54, 1.807) is 11.3 Å². The lowest BCUT2D eigenvalue weighted by molar-refractivity contribution is 0.815. The maximum Gasteiger partial charge on any atom is 0.230 e. The lowest BCUT2D eigenvalue weighted by atomic mass is 10.4. The van der Waals surface area contributed by atoms with Gasteiger partial charge in [0.2, 0.25) is 11.9 Å². The molecule has 0 fully saturated rings. The van der Waals surface area contributed by atoms with Crippen molar-refractivity contribution in [1.29, 1.82) is 0 Å². The summed E-state index contributed by atoms with van der Waals surface area (Å²) in [6.07, 6.45) is 0. The van der Waals surface area contributed by atoms with Crippen molar-refractivity contribution >= 4 is 39.2 Å². The molecular formula is C12H16BrN5S. The van der Waals surface area contributed by atoms with Gasteiger partial charge in [-0.05, 0) is 41.2 Å². The van der Waals surface area contributed by atoms with Gasteiger partial charge < -0.3 is 10.2 Å². The van der Waals surface area contributed by atoms with Crippen molar-refractivity contribution in [3.63, 3.8) is 0 Å². The topological polar surface area (TPSA) is 53.9 Å². The van der Waals surface area contributed by atoms with Crippen LogP contribution in [0.2, 0.25) is 0 Å². The van der Waals surface area contributed by atoms with Crippen LogP contribution in [0.25, 0.3) is 10.7 Å². The van der Waals surface area contributed by atoms with Crippen molar-refractivity contribution in [3.8, 4) is 10.7 Å². The van der Waals surface area contributed by atoms with Gasteiger partial charge in [0.05, 0.1) is 4.88 Å². The Bertz CT molecular complexity index is 553. The van der Waals surface area contributed by atoms with Crippen LogP contribution < -0.4 is 10.2 Å². The van der Waals surface area contributed by atoms with E-state index in [0.29, 0.717) is 17.7 Å². The van der Waals surface area contributed by atoms with Gasteiger partial charge in [-0.25, -0.2) is 0 Å². The molecular weight excluding hydrogens is 326 g/mol. The van der Waals surface area contributed by atoms with Crippen molar-refractivity contribution in [1.82, 2.24) is 15.0 Å². The van der Waals surface area contributed by atoms with E-state index in [2.05, 4.69) is 54.9 Å². The summed E-state index contributed by atoms with van der Waals surface area (Å²) in [6, 6.07) is 2.00. The highest BCUT2D eigenvalue weighted by Crippen LogP contribution is 2.32. The molecule has 0 aromatic carbocycles. The van der Waals surface area contributed by atoms with Gasteiger partial charge in [-0.15, -0.1) is 11.3 Å². The zero-order valence-electron chi connectivity index (χ0n) is 11.1. The number of aromatic nitrogens is 3. The van der Waals surface area contributed by atoms with Crippen LogP contribution in [0.1, 0.15) is 13.8 Å². The summed E-state index contributed by atoms with van der Waals surface area (Å²) in [5.74, 6) is 2.00. The molecule has 1 N–H and O–H groups in total. The van der Waals surface area contributed by atoms with Crippen LogP contribution in [0.4, 0.5) is 11.9 Å². The molecule has 0 amide bonds. The molecule has 0 bridgehead atoms. The highest BCUT2D eigenvalue weighted by molar-refractivity contribution is 9.10. The van der Waals surface area contributed by atoms with Gasteiger partial charge >= 0.3 is 0 Å². The molecule has 2 aromatic heterocycles. The van der Waals surface area contributed by atoms with Crippen LogP contribution in [0, 0.1) is 0 Å². The predicted octanol–water partition coefficient (Wildman–Crippen LogP) is 3.25. The van der Waals surface area contributed by atoms with Crippen molar-refractivity contribution in [2.45, 2.75) is 13.8 Å². The summed E-state index contributed by atoms with van der Waals surface area (Å²) >= 11 is 5.13. The van der Waals surface area contributed by atoms with Crippen LogP contribution in [0.5, 0.6) is 0 Å². The molecule has 0 radical (unpaired) electrons. The molecule has 0 spiro atoms. The Labute approximate surface area is 125 Å². The van der Waals surface area contributed by atoms with E-state index < -0.39 is 0 Å². The minimum atomic E-state index is 0.590. The first-order chi connectivity index (χ1) is 9.19. The average Bonchev–Trinajstić information content (AvgIpc) is 2.86. The number of nitrogens with one attached hydrogen (secondary N) is 1. The molecule has 0 aliphatic rings. The van der Waals surface area contributed by atoms with E-state index in [4.69, 9.17) is 0 Å². The fourth-order valence-electron chi connectivity index (χ4n) is 1.68. The summed E-state index contributed by atoms with van der Waals surface area (Å²) in [5, 5.41) is 5.01. The molecule has 2 heterocycles. The Balaban J connectivity index is 2.50. The zero-order chi connectivity index (χ0) is 13.8. The van der Waals surface area contributed by atoms with Crippen LogP contribution >= 0.6 is 27.3 Å².